The van der Waals surface area contributed by atoms with Crippen LogP contribution in [0.25, 0.3) is 11.1 Å². The van der Waals surface area contributed by atoms with Gasteiger partial charge in [0, 0.05) is 18.0 Å². The molecule has 0 radical (unpaired) electrons. The Labute approximate surface area is 163 Å². The lowest BCUT2D eigenvalue weighted by atomic mass is 10.0. The molecular weight excluding hydrogens is 354 g/mol. The molecule has 2 amide bonds. The van der Waals surface area contributed by atoms with Crippen molar-refractivity contribution in [1.29, 1.82) is 0 Å². The van der Waals surface area contributed by atoms with Crippen LogP contribution in [0.4, 0.5) is 0 Å². The molecule has 0 aliphatic heterocycles. The Balaban J connectivity index is 1.75. The molecule has 1 aromatic heterocycles. The maximum atomic E-state index is 12.7. The van der Waals surface area contributed by atoms with Crippen LogP contribution >= 0.6 is 0 Å². The molecule has 1 heterocycles. The smallest absolute Gasteiger partial charge is 0.276 e. The van der Waals surface area contributed by atoms with Gasteiger partial charge < -0.3 is 5.32 Å². The second-order valence-corrected chi connectivity index (χ2v) is 6.33. The van der Waals surface area contributed by atoms with Gasteiger partial charge in [-0.1, -0.05) is 49.4 Å². The van der Waals surface area contributed by atoms with E-state index in [0.717, 1.165) is 11.1 Å². The predicted octanol–water partition coefficient (Wildman–Crippen LogP) is 3.75. The second kappa shape index (κ2) is 8.92. The molecule has 28 heavy (non-hydrogen) atoms. The fraction of sp³-hybridized carbons (Fsp3) is 0.136. The van der Waals surface area contributed by atoms with E-state index in [1.165, 1.54) is 6.20 Å². The number of nitrogens with zero attached hydrogens (tertiary/aromatic N) is 1. The maximum Gasteiger partial charge on any atom is 0.276 e. The molecule has 3 rings (SSSR count). The summed E-state index contributed by atoms with van der Waals surface area (Å²) < 4.78 is 0. The second-order valence-electron chi connectivity index (χ2n) is 6.33. The molecule has 142 valence electrons. The van der Waals surface area contributed by atoms with E-state index in [2.05, 4.69) is 10.3 Å². The zero-order chi connectivity index (χ0) is 19.9. The Morgan fingerprint density at radius 1 is 0.929 bits per heavy atom. The predicted molar refractivity (Wildman–Crippen MR) is 106 cm³/mol. The lowest BCUT2D eigenvalue weighted by Gasteiger charge is -2.18. The van der Waals surface area contributed by atoms with E-state index in [0.29, 0.717) is 17.5 Å². The molecule has 1 unspecified atom stereocenters. The normalized spacial score (nSPS) is 11.5. The minimum Gasteiger partial charge on any atom is -0.345 e. The van der Waals surface area contributed by atoms with E-state index < -0.39 is 5.91 Å². The van der Waals surface area contributed by atoms with E-state index in [-0.39, 0.29) is 17.5 Å². The van der Waals surface area contributed by atoms with E-state index in [4.69, 9.17) is 5.21 Å². The number of amides is 2. The Morgan fingerprint density at radius 2 is 1.61 bits per heavy atom. The van der Waals surface area contributed by atoms with Crippen LogP contribution in [0, 0.1) is 0 Å². The van der Waals surface area contributed by atoms with Crippen LogP contribution in [-0.4, -0.2) is 22.0 Å². The van der Waals surface area contributed by atoms with Crippen molar-refractivity contribution in [2.45, 2.75) is 19.4 Å². The number of carbonyl (C=O) groups is 2. The number of hydroxylamine groups is 1. The summed E-state index contributed by atoms with van der Waals surface area (Å²) in [5.41, 5.74) is 5.18. The van der Waals surface area contributed by atoms with Gasteiger partial charge >= 0.3 is 0 Å². The van der Waals surface area contributed by atoms with Crippen molar-refractivity contribution in [1.82, 2.24) is 15.8 Å². The van der Waals surface area contributed by atoms with Crippen molar-refractivity contribution in [3.63, 3.8) is 0 Å². The number of carbonyl (C=O) groups excluding carboxylic acids is 2. The summed E-state index contributed by atoms with van der Waals surface area (Å²) in [6.45, 7) is 1.93. The lowest BCUT2D eigenvalue weighted by Crippen LogP contribution is -2.28. The average molecular weight is 375 g/mol. The van der Waals surface area contributed by atoms with Crippen molar-refractivity contribution in [2.24, 2.45) is 0 Å². The number of aromatic nitrogens is 1. The van der Waals surface area contributed by atoms with Gasteiger partial charge in [0.05, 0.1) is 11.6 Å². The van der Waals surface area contributed by atoms with Crippen molar-refractivity contribution in [3.8, 4) is 11.1 Å². The molecule has 6 heteroatoms. The summed E-state index contributed by atoms with van der Waals surface area (Å²) in [5.74, 6) is -0.851. The highest BCUT2D eigenvalue weighted by atomic mass is 16.5. The number of rotatable bonds is 6. The Morgan fingerprint density at radius 3 is 2.25 bits per heavy atom. The van der Waals surface area contributed by atoms with Gasteiger partial charge in [-0.25, -0.2) is 5.48 Å². The summed E-state index contributed by atoms with van der Waals surface area (Å²) in [6, 6.07) is 18.7. The Hall–Kier alpha value is -3.51. The molecule has 0 spiro atoms. The van der Waals surface area contributed by atoms with Crippen LogP contribution in [-0.2, 0) is 0 Å². The third-order valence-electron chi connectivity index (χ3n) is 4.49. The first-order valence-electron chi connectivity index (χ1n) is 8.98. The zero-order valence-electron chi connectivity index (χ0n) is 15.4. The van der Waals surface area contributed by atoms with E-state index in [1.54, 1.807) is 29.9 Å². The highest BCUT2D eigenvalue weighted by Gasteiger charge is 2.16. The van der Waals surface area contributed by atoms with Crippen LogP contribution in [0.5, 0.6) is 0 Å². The molecular formula is C22H21N3O3. The summed E-state index contributed by atoms with van der Waals surface area (Å²) in [6.07, 6.45) is 3.58. The van der Waals surface area contributed by atoms with Gasteiger partial charge in [-0.2, -0.15) is 0 Å². The van der Waals surface area contributed by atoms with E-state index in [1.807, 2.05) is 49.4 Å². The maximum absolute atomic E-state index is 12.7. The fourth-order valence-corrected chi connectivity index (χ4v) is 2.94. The molecule has 1 atom stereocenters. The summed E-state index contributed by atoms with van der Waals surface area (Å²) >= 11 is 0. The third kappa shape index (κ3) is 4.42. The number of pyridine rings is 1. The monoisotopic (exact) mass is 375 g/mol. The molecule has 3 aromatic rings. The third-order valence-corrected chi connectivity index (χ3v) is 4.49. The van der Waals surface area contributed by atoms with Crippen LogP contribution in [0.3, 0.4) is 0 Å². The van der Waals surface area contributed by atoms with Crippen LogP contribution < -0.4 is 10.8 Å². The Kier molecular flexibility index (Phi) is 6.14. The summed E-state index contributed by atoms with van der Waals surface area (Å²) in [4.78, 5) is 28.3. The van der Waals surface area contributed by atoms with Gasteiger partial charge in [-0.3, -0.25) is 19.8 Å². The SMILES string of the molecule is CCC(NC(=O)c1ccc(-c2ccccc2)cc1)c1cncc(C(=O)NO)c1. The molecule has 0 saturated heterocycles. The largest absolute Gasteiger partial charge is 0.345 e. The molecule has 3 N–H and O–H groups in total. The Bertz CT molecular complexity index is 956. The van der Waals surface area contributed by atoms with E-state index >= 15 is 0 Å². The molecule has 6 nitrogen and oxygen atoms in total. The van der Waals surface area contributed by atoms with Crippen LogP contribution in [0.1, 0.15) is 45.7 Å². The molecule has 0 aliphatic carbocycles. The van der Waals surface area contributed by atoms with Crippen molar-refractivity contribution in [3.05, 3.63) is 89.7 Å². The van der Waals surface area contributed by atoms with Gasteiger partial charge in [0.15, 0.2) is 0 Å². The lowest BCUT2D eigenvalue weighted by molar-refractivity contribution is 0.0705. The molecule has 0 fully saturated rings. The first-order valence-corrected chi connectivity index (χ1v) is 8.98. The van der Waals surface area contributed by atoms with E-state index in [9.17, 15) is 9.59 Å². The minimum absolute atomic E-state index is 0.205. The van der Waals surface area contributed by atoms with Gasteiger partial charge in [0.25, 0.3) is 11.8 Å². The van der Waals surface area contributed by atoms with Gasteiger partial charge in [-0.05, 0) is 41.3 Å². The number of hydrogen-bond acceptors (Lipinski definition) is 4. The standard InChI is InChI=1S/C22H21N3O3/c1-2-20(18-12-19(14-23-13-18)22(27)25-28)24-21(26)17-10-8-16(9-11-17)15-6-4-3-5-7-15/h3-14,20,28H,2H2,1H3,(H,24,26)(H,25,27). The van der Waals surface area contributed by atoms with Gasteiger partial charge in [0.2, 0.25) is 0 Å². The first-order chi connectivity index (χ1) is 13.6. The van der Waals surface area contributed by atoms with Crippen LogP contribution in [0.15, 0.2) is 73.1 Å². The van der Waals surface area contributed by atoms with Crippen LogP contribution in [0.2, 0.25) is 0 Å². The molecule has 0 bridgehead atoms. The topological polar surface area (TPSA) is 91.3 Å². The highest BCUT2D eigenvalue weighted by Crippen LogP contribution is 2.21. The zero-order valence-corrected chi connectivity index (χ0v) is 15.4. The highest BCUT2D eigenvalue weighted by molar-refractivity contribution is 5.95. The molecule has 0 saturated carbocycles. The van der Waals surface area contributed by atoms with Crippen molar-refractivity contribution < 1.29 is 14.8 Å². The minimum atomic E-state index is -0.646. The van der Waals surface area contributed by atoms with Gasteiger partial charge in [0.1, 0.15) is 0 Å². The molecule has 0 aliphatic rings. The quantitative estimate of drug-likeness (QED) is 0.452. The average Bonchev–Trinajstić information content (AvgIpc) is 2.77. The number of hydrogen-bond donors (Lipinski definition) is 3. The van der Waals surface area contributed by atoms with Crippen molar-refractivity contribution >= 4 is 11.8 Å². The number of benzene rings is 2. The van der Waals surface area contributed by atoms with Crippen molar-refractivity contribution in [2.75, 3.05) is 0 Å². The first kappa shape index (κ1) is 19.3. The summed E-state index contributed by atoms with van der Waals surface area (Å²) in [5, 5.41) is 11.7. The number of nitrogens with one attached hydrogen (secondary N) is 2. The molecule has 2 aromatic carbocycles. The summed E-state index contributed by atoms with van der Waals surface area (Å²) in [7, 11) is 0. The van der Waals surface area contributed by atoms with Gasteiger partial charge in [-0.15, -0.1) is 0 Å². The fourth-order valence-electron chi connectivity index (χ4n) is 2.94.